The van der Waals surface area contributed by atoms with E-state index in [2.05, 4.69) is 20.8 Å². The second-order valence-corrected chi connectivity index (χ2v) is 12.6. The van der Waals surface area contributed by atoms with Crippen molar-refractivity contribution in [1.29, 1.82) is 0 Å². The van der Waals surface area contributed by atoms with Crippen molar-refractivity contribution in [1.82, 2.24) is 0 Å². The van der Waals surface area contributed by atoms with Crippen molar-refractivity contribution in [3.8, 4) is 0 Å². The zero-order chi connectivity index (χ0) is 26.3. The molecule has 4 aliphatic carbocycles. The first-order valence-electron chi connectivity index (χ1n) is 13.9. The van der Waals surface area contributed by atoms with E-state index >= 15 is 0 Å². The number of rotatable bonds is 7. The van der Waals surface area contributed by atoms with Crippen molar-refractivity contribution >= 4 is 11.9 Å². The number of halogens is 3. The fraction of sp³-hybridized carbons (Fsp3) is 0.929. The fourth-order valence-corrected chi connectivity index (χ4v) is 9.30. The third-order valence-corrected chi connectivity index (χ3v) is 11.0. The van der Waals surface area contributed by atoms with Gasteiger partial charge in [0, 0.05) is 6.42 Å². The maximum absolute atomic E-state index is 12.7. The van der Waals surface area contributed by atoms with Gasteiger partial charge in [-0.05, 0) is 111 Å². The van der Waals surface area contributed by atoms with Crippen molar-refractivity contribution in [2.24, 2.45) is 46.3 Å². The van der Waals surface area contributed by atoms with Gasteiger partial charge in [-0.15, -0.1) is 0 Å². The van der Waals surface area contributed by atoms with Crippen molar-refractivity contribution in [3.05, 3.63) is 0 Å². The smallest absolute Gasteiger partial charge is 0.463 e. The summed E-state index contributed by atoms with van der Waals surface area (Å²) >= 11 is 0. The summed E-state index contributed by atoms with van der Waals surface area (Å²) < 4.78 is 48.0. The molecule has 206 valence electrons. The van der Waals surface area contributed by atoms with Crippen LogP contribution in [-0.4, -0.2) is 42.5 Å². The van der Waals surface area contributed by atoms with Gasteiger partial charge in [-0.2, -0.15) is 13.2 Å². The number of carbonyl (C=O) groups is 2. The van der Waals surface area contributed by atoms with Crippen LogP contribution in [0.4, 0.5) is 13.2 Å². The summed E-state index contributed by atoms with van der Waals surface area (Å²) in [4.78, 5) is 23.3. The Morgan fingerprint density at radius 3 is 2.39 bits per heavy atom. The monoisotopic (exact) mass is 516 g/mol. The third kappa shape index (κ3) is 5.17. The highest BCUT2D eigenvalue weighted by Gasteiger charge is 2.61. The van der Waals surface area contributed by atoms with Crippen molar-refractivity contribution in [3.63, 3.8) is 0 Å². The first kappa shape index (κ1) is 27.7. The number of aliphatic hydroxyl groups excluding tert-OH is 1. The molecule has 5 nitrogen and oxygen atoms in total. The highest BCUT2D eigenvalue weighted by Crippen LogP contribution is 2.68. The Labute approximate surface area is 212 Å². The normalized spacial score (nSPS) is 41.0. The summed E-state index contributed by atoms with van der Waals surface area (Å²) in [7, 11) is 0. The summed E-state index contributed by atoms with van der Waals surface area (Å²) in [6.07, 6.45) is 4.38. The van der Waals surface area contributed by atoms with Gasteiger partial charge in [0.05, 0.1) is 6.61 Å². The van der Waals surface area contributed by atoms with E-state index in [0.29, 0.717) is 54.8 Å². The minimum atomic E-state index is -4.93. The lowest BCUT2D eigenvalue weighted by atomic mass is 9.44. The van der Waals surface area contributed by atoms with Crippen LogP contribution in [0, 0.1) is 46.3 Å². The largest absolute Gasteiger partial charge is 0.490 e. The van der Waals surface area contributed by atoms with Gasteiger partial charge in [-0.3, -0.25) is 4.79 Å². The molecule has 1 N–H and O–H groups in total. The zero-order valence-corrected chi connectivity index (χ0v) is 21.9. The minimum absolute atomic E-state index is 0.0603. The number of ether oxygens (including phenoxy) is 2. The second-order valence-electron chi connectivity index (χ2n) is 12.6. The number of hydrogen-bond acceptors (Lipinski definition) is 5. The van der Waals surface area contributed by atoms with Crippen LogP contribution < -0.4 is 0 Å². The van der Waals surface area contributed by atoms with E-state index in [1.807, 2.05) is 0 Å². The van der Waals surface area contributed by atoms with Crippen LogP contribution in [-0.2, 0) is 19.1 Å². The molecule has 0 aliphatic heterocycles. The molecule has 4 rings (SSSR count). The van der Waals surface area contributed by atoms with Gasteiger partial charge < -0.3 is 14.6 Å². The van der Waals surface area contributed by atoms with E-state index in [-0.39, 0.29) is 30.0 Å². The van der Waals surface area contributed by atoms with Crippen LogP contribution in [0.3, 0.4) is 0 Å². The van der Waals surface area contributed by atoms with Gasteiger partial charge in [0.15, 0.2) is 0 Å². The third-order valence-electron chi connectivity index (χ3n) is 11.0. The summed E-state index contributed by atoms with van der Waals surface area (Å²) in [5, 5.41) is 8.85. The van der Waals surface area contributed by atoms with Crippen LogP contribution in [0.15, 0.2) is 0 Å². The lowest BCUT2D eigenvalue weighted by Gasteiger charge is -2.61. The standard InChI is InChI=1S/C28H43F3O5/c1-17(4-9-24(33)35-15-14-32)21-7-8-22-20-6-5-18-16-19(36-25(34)28(29,30)31)10-12-26(18,2)23(20)11-13-27(21,22)3/h17-23,32H,4-16H2,1-3H3/t17-,18-,19-,20+,21-,22+,23+,26+,27-/m1/s1. The Balaban J connectivity index is 1.38. The molecule has 8 heteroatoms. The first-order valence-corrected chi connectivity index (χ1v) is 13.9. The average molecular weight is 517 g/mol. The quantitative estimate of drug-likeness (QED) is 0.416. The number of fused-ring (bicyclic) bond motifs is 5. The zero-order valence-electron chi connectivity index (χ0n) is 21.9. The molecule has 4 aliphatic rings. The average Bonchev–Trinajstić information content (AvgIpc) is 3.18. The first-order chi connectivity index (χ1) is 16.9. The highest BCUT2D eigenvalue weighted by molar-refractivity contribution is 5.75. The van der Waals surface area contributed by atoms with Crippen LogP contribution in [0.25, 0.3) is 0 Å². The molecule has 0 radical (unpaired) electrons. The van der Waals surface area contributed by atoms with Crippen molar-refractivity contribution in [2.45, 2.75) is 104 Å². The van der Waals surface area contributed by atoms with Crippen molar-refractivity contribution in [2.75, 3.05) is 13.2 Å². The summed E-state index contributed by atoms with van der Waals surface area (Å²) in [5.41, 5.74) is 0.365. The van der Waals surface area contributed by atoms with E-state index in [4.69, 9.17) is 14.6 Å². The summed E-state index contributed by atoms with van der Waals surface area (Å²) in [5.74, 6) is 0.920. The molecule has 4 saturated carbocycles. The van der Waals surface area contributed by atoms with E-state index in [1.165, 1.54) is 12.8 Å². The molecule has 0 amide bonds. The molecule has 0 heterocycles. The van der Waals surface area contributed by atoms with Crippen molar-refractivity contribution < 1.29 is 37.3 Å². The summed E-state index contributed by atoms with van der Waals surface area (Å²) in [6, 6.07) is 0. The lowest BCUT2D eigenvalue weighted by molar-refractivity contribution is -0.210. The molecule has 0 aromatic carbocycles. The molecule has 0 aromatic heterocycles. The molecule has 0 bridgehead atoms. The second kappa shape index (κ2) is 10.5. The molecular weight excluding hydrogens is 473 g/mol. The van der Waals surface area contributed by atoms with Gasteiger partial charge in [-0.25, -0.2) is 4.79 Å². The number of esters is 2. The van der Waals surface area contributed by atoms with Gasteiger partial charge in [0.25, 0.3) is 0 Å². The molecule has 36 heavy (non-hydrogen) atoms. The van der Waals surface area contributed by atoms with Crippen LogP contribution in [0.1, 0.15) is 91.4 Å². The van der Waals surface area contributed by atoms with Gasteiger partial charge in [0.1, 0.15) is 12.7 Å². The number of carbonyl (C=O) groups excluding carboxylic acids is 2. The topological polar surface area (TPSA) is 72.8 Å². The van der Waals surface area contributed by atoms with Gasteiger partial charge >= 0.3 is 18.1 Å². The SMILES string of the molecule is C[C@H](CCC(=O)OCCO)[C@H]1CC[C@H]2[C@@H]3CC[C@@H]4C[C@H](OC(=O)C(F)(F)F)CC[C@]4(C)[C@H]3CC[C@]12C. The fourth-order valence-electron chi connectivity index (χ4n) is 9.30. The number of aliphatic hydroxyl groups is 1. The van der Waals surface area contributed by atoms with Gasteiger partial charge in [0.2, 0.25) is 0 Å². The number of hydrogen-bond donors (Lipinski definition) is 1. The maximum Gasteiger partial charge on any atom is 0.490 e. The van der Waals surface area contributed by atoms with E-state index in [1.54, 1.807) is 0 Å². The predicted octanol–water partition coefficient (Wildman–Crippen LogP) is 6.07. The molecule has 0 saturated heterocycles. The molecule has 0 unspecified atom stereocenters. The predicted molar refractivity (Wildman–Crippen MR) is 128 cm³/mol. The molecule has 0 spiro atoms. The van der Waals surface area contributed by atoms with Crippen LogP contribution in [0.2, 0.25) is 0 Å². The van der Waals surface area contributed by atoms with Gasteiger partial charge in [-0.1, -0.05) is 20.8 Å². The van der Waals surface area contributed by atoms with E-state index < -0.39 is 18.2 Å². The van der Waals surface area contributed by atoms with Crippen LogP contribution in [0.5, 0.6) is 0 Å². The molecule has 0 aromatic rings. The Kier molecular flexibility index (Phi) is 8.05. The Morgan fingerprint density at radius 1 is 1.00 bits per heavy atom. The van der Waals surface area contributed by atoms with Crippen LogP contribution >= 0.6 is 0 Å². The Hall–Kier alpha value is -1.31. The lowest BCUT2D eigenvalue weighted by Crippen LogP contribution is -2.54. The maximum atomic E-state index is 12.7. The van der Waals surface area contributed by atoms with E-state index in [0.717, 1.165) is 38.5 Å². The summed E-state index contributed by atoms with van der Waals surface area (Å²) in [6.45, 7) is 7.00. The molecule has 4 fully saturated rings. The van der Waals surface area contributed by atoms with E-state index in [9.17, 15) is 22.8 Å². The molecule has 9 atom stereocenters. The highest BCUT2D eigenvalue weighted by atomic mass is 19.4. The number of alkyl halides is 3. The Bertz CT molecular complexity index is 815. The Morgan fingerprint density at radius 2 is 1.69 bits per heavy atom. The minimum Gasteiger partial charge on any atom is -0.463 e. The molecular formula is C28H43F3O5.